The van der Waals surface area contributed by atoms with Gasteiger partial charge in [0.05, 0.1) is 11.4 Å². The summed E-state index contributed by atoms with van der Waals surface area (Å²) in [5.41, 5.74) is 1.70. The van der Waals surface area contributed by atoms with Crippen molar-refractivity contribution in [1.82, 2.24) is 14.5 Å². The first kappa shape index (κ1) is 20.9. The van der Waals surface area contributed by atoms with Crippen LogP contribution < -0.4 is 5.32 Å². The third-order valence-electron chi connectivity index (χ3n) is 4.79. The second-order valence-corrected chi connectivity index (χ2v) is 9.11. The molecule has 2 rings (SSSR count). The van der Waals surface area contributed by atoms with Crippen LogP contribution in [-0.2, 0) is 14.8 Å². The van der Waals surface area contributed by atoms with Crippen molar-refractivity contribution in [3.05, 3.63) is 29.3 Å². The van der Waals surface area contributed by atoms with Gasteiger partial charge in [0.2, 0.25) is 15.9 Å². The van der Waals surface area contributed by atoms with Crippen molar-refractivity contribution in [3.8, 4) is 0 Å². The number of amides is 1. The van der Waals surface area contributed by atoms with Gasteiger partial charge in [-0.25, -0.2) is 8.42 Å². The first-order chi connectivity index (χ1) is 12.2. The Morgan fingerprint density at radius 1 is 1.19 bits per heavy atom. The number of piperazine rings is 1. The van der Waals surface area contributed by atoms with Gasteiger partial charge in [-0.1, -0.05) is 25.5 Å². The van der Waals surface area contributed by atoms with Gasteiger partial charge in [0.15, 0.2) is 0 Å². The van der Waals surface area contributed by atoms with Crippen molar-refractivity contribution in [2.45, 2.75) is 51.5 Å². The SMILES string of the molecule is CCC[C@H](C)NC(=O)CN1CCN(S(=O)(=O)c2cc(C)ccc2C)CC1. The second kappa shape index (κ2) is 8.97. The van der Waals surface area contributed by atoms with Crippen molar-refractivity contribution in [3.63, 3.8) is 0 Å². The molecule has 1 atom stereocenters. The molecule has 146 valence electrons. The van der Waals surface area contributed by atoms with Crippen molar-refractivity contribution in [1.29, 1.82) is 0 Å². The number of rotatable bonds is 7. The summed E-state index contributed by atoms with van der Waals surface area (Å²) in [4.78, 5) is 14.5. The van der Waals surface area contributed by atoms with Gasteiger partial charge in [-0.3, -0.25) is 9.69 Å². The lowest BCUT2D eigenvalue weighted by atomic mass is 10.2. The van der Waals surface area contributed by atoms with Crippen LogP contribution in [0, 0.1) is 13.8 Å². The van der Waals surface area contributed by atoms with E-state index in [-0.39, 0.29) is 11.9 Å². The lowest BCUT2D eigenvalue weighted by Crippen LogP contribution is -2.51. The number of hydrogen-bond donors (Lipinski definition) is 1. The summed E-state index contributed by atoms with van der Waals surface area (Å²) in [5.74, 6) is 0.0109. The smallest absolute Gasteiger partial charge is 0.243 e. The Labute approximate surface area is 157 Å². The Morgan fingerprint density at radius 3 is 2.46 bits per heavy atom. The average Bonchev–Trinajstić information content (AvgIpc) is 2.57. The van der Waals surface area contributed by atoms with Crippen LogP contribution in [0.5, 0.6) is 0 Å². The van der Waals surface area contributed by atoms with Crippen LogP contribution in [0.1, 0.15) is 37.8 Å². The van der Waals surface area contributed by atoms with Gasteiger partial charge in [0, 0.05) is 32.2 Å². The number of sulfonamides is 1. The summed E-state index contributed by atoms with van der Waals surface area (Å²) in [7, 11) is -3.49. The maximum absolute atomic E-state index is 12.9. The molecule has 0 aliphatic carbocycles. The third-order valence-corrected chi connectivity index (χ3v) is 6.83. The molecule has 0 spiro atoms. The zero-order chi connectivity index (χ0) is 19.3. The van der Waals surface area contributed by atoms with E-state index in [0.717, 1.165) is 24.0 Å². The molecule has 1 aromatic carbocycles. The molecule has 0 radical (unpaired) electrons. The zero-order valence-corrected chi connectivity index (χ0v) is 17.1. The number of aryl methyl sites for hydroxylation is 2. The van der Waals surface area contributed by atoms with Crippen LogP contribution in [0.25, 0.3) is 0 Å². The van der Waals surface area contributed by atoms with E-state index in [1.54, 1.807) is 6.07 Å². The Hall–Kier alpha value is -1.44. The van der Waals surface area contributed by atoms with Crippen molar-refractivity contribution >= 4 is 15.9 Å². The Balaban J connectivity index is 1.93. The van der Waals surface area contributed by atoms with E-state index in [1.165, 1.54) is 4.31 Å². The fourth-order valence-electron chi connectivity index (χ4n) is 3.28. The summed E-state index contributed by atoms with van der Waals surface area (Å²) in [5, 5.41) is 3.00. The summed E-state index contributed by atoms with van der Waals surface area (Å²) in [6, 6.07) is 5.68. The number of carbonyl (C=O) groups is 1. The Kier molecular flexibility index (Phi) is 7.20. The number of benzene rings is 1. The van der Waals surface area contributed by atoms with Gasteiger partial charge in [0.25, 0.3) is 0 Å². The minimum absolute atomic E-state index is 0.0109. The number of hydrogen-bond acceptors (Lipinski definition) is 4. The molecular formula is C19H31N3O3S. The highest BCUT2D eigenvalue weighted by molar-refractivity contribution is 7.89. The monoisotopic (exact) mass is 381 g/mol. The molecule has 7 heteroatoms. The van der Waals surface area contributed by atoms with Crippen LogP contribution in [-0.4, -0.2) is 62.3 Å². The largest absolute Gasteiger partial charge is 0.353 e. The predicted molar refractivity (Wildman–Crippen MR) is 104 cm³/mol. The maximum atomic E-state index is 12.9. The van der Waals surface area contributed by atoms with E-state index >= 15 is 0 Å². The molecule has 1 heterocycles. The summed E-state index contributed by atoms with van der Waals surface area (Å²) >= 11 is 0. The van der Waals surface area contributed by atoms with E-state index in [2.05, 4.69) is 12.2 Å². The average molecular weight is 382 g/mol. The van der Waals surface area contributed by atoms with Gasteiger partial charge in [-0.05, 0) is 44.4 Å². The van der Waals surface area contributed by atoms with Gasteiger partial charge in [0.1, 0.15) is 0 Å². The van der Waals surface area contributed by atoms with Gasteiger partial charge < -0.3 is 5.32 Å². The molecule has 1 aliphatic heterocycles. The molecule has 1 amide bonds. The summed E-state index contributed by atoms with van der Waals surface area (Å²) in [6.07, 6.45) is 2.00. The van der Waals surface area contributed by atoms with Crippen LogP contribution >= 0.6 is 0 Å². The highest BCUT2D eigenvalue weighted by Gasteiger charge is 2.30. The molecule has 0 bridgehead atoms. The normalized spacial score (nSPS) is 17.8. The highest BCUT2D eigenvalue weighted by atomic mass is 32.2. The number of nitrogens with one attached hydrogen (secondary N) is 1. The van der Waals surface area contributed by atoms with E-state index in [0.29, 0.717) is 37.6 Å². The molecule has 1 N–H and O–H groups in total. The minimum atomic E-state index is -3.49. The molecule has 0 saturated carbocycles. The Morgan fingerprint density at radius 2 is 1.85 bits per heavy atom. The highest BCUT2D eigenvalue weighted by Crippen LogP contribution is 2.22. The third kappa shape index (κ3) is 5.28. The minimum Gasteiger partial charge on any atom is -0.353 e. The Bertz CT molecular complexity index is 726. The molecule has 0 aromatic heterocycles. The molecule has 26 heavy (non-hydrogen) atoms. The second-order valence-electron chi connectivity index (χ2n) is 7.21. The lowest BCUT2D eigenvalue weighted by Gasteiger charge is -2.34. The standard InChI is InChI=1S/C19H31N3O3S/c1-5-6-17(4)20-19(23)14-21-9-11-22(12-10-21)26(24,25)18-13-15(2)7-8-16(18)3/h7-8,13,17H,5-6,9-12,14H2,1-4H3,(H,20,23)/t17-/m0/s1. The van der Waals surface area contributed by atoms with Crippen molar-refractivity contribution < 1.29 is 13.2 Å². The quantitative estimate of drug-likeness (QED) is 0.783. The molecule has 0 unspecified atom stereocenters. The van der Waals surface area contributed by atoms with Crippen LogP contribution in [0.15, 0.2) is 23.1 Å². The summed E-state index contributed by atoms with van der Waals surface area (Å²) < 4.78 is 27.4. The maximum Gasteiger partial charge on any atom is 0.243 e. The molecule has 1 aliphatic rings. The first-order valence-electron chi connectivity index (χ1n) is 9.33. The number of nitrogens with zero attached hydrogens (tertiary/aromatic N) is 2. The number of carbonyl (C=O) groups excluding carboxylic acids is 1. The van der Waals surface area contributed by atoms with Crippen LogP contribution in [0.4, 0.5) is 0 Å². The molecule has 1 aromatic rings. The molecular weight excluding hydrogens is 350 g/mol. The van der Waals surface area contributed by atoms with Gasteiger partial charge in [-0.15, -0.1) is 0 Å². The van der Waals surface area contributed by atoms with E-state index < -0.39 is 10.0 Å². The van der Waals surface area contributed by atoms with Gasteiger partial charge in [-0.2, -0.15) is 4.31 Å². The fourth-order valence-corrected chi connectivity index (χ4v) is 5.01. The first-order valence-corrected chi connectivity index (χ1v) is 10.8. The van der Waals surface area contributed by atoms with Crippen molar-refractivity contribution in [2.24, 2.45) is 0 Å². The zero-order valence-electron chi connectivity index (χ0n) is 16.3. The lowest BCUT2D eigenvalue weighted by molar-refractivity contribution is -0.123. The topological polar surface area (TPSA) is 69.7 Å². The van der Waals surface area contributed by atoms with E-state index in [1.807, 2.05) is 37.8 Å². The van der Waals surface area contributed by atoms with Gasteiger partial charge >= 0.3 is 0 Å². The fraction of sp³-hybridized carbons (Fsp3) is 0.632. The molecule has 1 saturated heterocycles. The van der Waals surface area contributed by atoms with Crippen LogP contribution in [0.2, 0.25) is 0 Å². The van der Waals surface area contributed by atoms with E-state index in [4.69, 9.17) is 0 Å². The van der Waals surface area contributed by atoms with Crippen molar-refractivity contribution in [2.75, 3.05) is 32.7 Å². The summed E-state index contributed by atoms with van der Waals surface area (Å²) in [6.45, 7) is 10.1. The predicted octanol–water partition coefficient (Wildman–Crippen LogP) is 1.91. The molecule has 6 nitrogen and oxygen atoms in total. The van der Waals surface area contributed by atoms with Crippen LogP contribution in [0.3, 0.4) is 0 Å². The van der Waals surface area contributed by atoms with E-state index in [9.17, 15) is 13.2 Å². The molecule has 1 fully saturated rings.